The van der Waals surface area contributed by atoms with Crippen LogP contribution < -0.4 is 0 Å². The lowest BCUT2D eigenvalue weighted by atomic mass is 9.84. The van der Waals surface area contributed by atoms with Gasteiger partial charge in [0.1, 0.15) is 5.78 Å². The van der Waals surface area contributed by atoms with Crippen LogP contribution in [0, 0.1) is 11.3 Å². The van der Waals surface area contributed by atoms with Gasteiger partial charge in [-0.3, -0.25) is 19.3 Å². The molecule has 0 radical (unpaired) electrons. The summed E-state index contributed by atoms with van der Waals surface area (Å²) in [5, 5.41) is 0. The van der Waals surface area contributed by atoms with Gasteiger partial charge < -0.3 is 0 Å². The first-order valence-corrected chi connectivity index (χ1v) is 6.11. The molecule has 0 aliphatic carbocycles. The molecule has 4 heteroatoms. The zero-order valence-electron chi connectivity index (χ0n) is 11.1. The van der Waals surface area contributed by atoms with Crippen molar-refractivity contribution in [3.05, 3.63) is 0 Å². The molecule has 0 aromatic carbocycles. The lowest BCUT2D eigenvalue weighted by Gasteiger charge is -2.22. The van der Waals surface area contributed by atoms with Crippen LogP contribution in [0.2, 0.25) is 0 Å². The number of nitrogens with zero attached hydrogens (tertiary/aromatic N) is 1. The highest BCUT2D eigenvalue weighted by atomic mass is 16.2. The van der Waals surface area contributed by atoms with Crippen molar-refractivity contribution in [2.75, 3.05) is 6.54 Å². The van der Waals surface area contributed by atoms with Crippen molar-refractivity contribution in [2.45, 2.75) is 47.0 Å². The SMILES string of the molecule is CC(=O)C(C)(C)CCCN1C(=O)CC(C)C1=O. The van der Waals surface area contributed by atoms with Crippen molar-refractivity contribution in [2.24, 2.45) is 11.3 Å². The van der Waals surface area contributed by atoms with Gasteiger partial charge >= 0.3 is 0 Å². The van der Waals surface area contributed by atoms with Gasteiger partial charge in [0.2, 0.25) is 11.8 Å². The van der Waals surface area contributed by atoms with Crippen molar-refractivity contribution in [1.29, 1.82) is 0 Å². The zero-order chi connectivity index (χ0) is 13.2. The van der Waals surface area contributed by atoms with Crippen molar-refractivity contribution in [3.63, 3.8) is 0 Å². The Morgan fingerprint density at radius 1 is 1.41 bits per heavy atom. The number of imide groups is 1. The third-order valence-corrected chi connectivity index (χ3v) is 3.61. The number of likely N-dealkylation sites (tertiary alicyclic amines) is 1. The van der Waals surface area contributed by atoms with E-state index in [4.69, 9.17) is 0 Å². The van der Waals surface area contributed by atoms with Crippen LogP contribution >= 0.6 is 0 Å². The van der Waals surface area contributed by atoms with Gasteiger partial charge in [-0.15, -0.1) is 0 Å². The first kappa shape index (κ1) is 13.9. The molecule has 4 nitrogen and oxygen atoms in total. The van der Waals surface area contributed by atoms with Gasteiger partial charge in [0, 0.05) is 24.3 Å². The topological polar surface area (TPSA) is 54.5 Å². The number of ketones is 1. The van der Waals surface area contributed by atoms with E-state index in [1.54, 1.807) is 13.8 Å². The van der Waals surface area contributed by atoms with E-state index < -0.39 is 0 Å². The average Bonchev–Trinajstić information content (AvgIpc) is 2.44. The predicted molar refractivity (Wildman–Crippen MR) is 64.2 cm³/mol. The molecule has 0 aromatic heterocycles. The van der Waals surface area contributed by atoms with Crippen LogP contribution in [0.3, 0.4) is 0 Å². The van der Waals surface area contributed by atoms with Crippen LogP contribution in [-0.4, -0.2) is 29.0 Å². The summed E-state index contributed by atoms with van der Waals surface area (Å²) in [7, 11) is 0. The van der Waals surface area contributed by atoms with Crippen LogP contribution in [0.25, 0.3) is 0 Å². The van der Waals surface area contributed by atoms with E-state index >= 15 is 0 Å². The number of amides is 2. The highest BCUT2D eigenvalue weighted by Gasteiger charge is 2.35. The van der Waals surface area contributed by atoms with E-state index in [9.17, 15) is 14.4 Å². The quantitative estimate of drug-likeness (QED) is 0.687. The first-order valence-electron chi connectivity index (χ1n) is 6.11. The number of hydrogen-bond acceptors (Lipinski definition) is 3. The van der Waals surface area contributed by atoms with Crippen LogP contribution in [0.1, 0.15) is 47.0 Å². The Balaban J connectivity index is 2.45. The van der Waals surface area contributed by atoms with Gasteiger partial charge in [-0.05, 0) is 19.8 Å². The molecule has 1 aliphatic rings. The second-order valence-corrected chi connectivity index (χ2v) is 5.53. The summed E-state index contributed by atoms with van der Waals surface area (Å²) in [6.07, 6.45) is 1.72. The third-order valence-electron chi connectivity index (χ3n) is 3.61. The van der Waals surface area contributed by atoms with Gasteiger partial charge in [-0.2, -0.15) is 0 Å². The fourth-order valence-corrected chi connectivity index (χ4v) is 1.94. The molecule has 1 saturated heterocycles. The summed E-state index contributed by atoms with van der Waals surface area (Å²) in [5.74, 6) is -0.188. The van der Waals surface area contributed by atoms with Crippen LogP contribution in [0.15, 0.2) is 0 Å². The molecule has 1 rings (SSSR count). The van der Waals surface area contributed by atoms with Crippen LogP contribution in [0.4, 0.5) is 0 Å². The standard InChI is InChI=1S/C13H21NO3/c1-9-8-11(16)14(12(9)17)7-5-6-13(3,4)10(2)15/h9H,5-8H2,1-4H3. The lowest BCUT2D eigenvalue weighted by Crippen LogP contribution is -2.32. The molecule has 1 atom stereocenters. The fourth-order valence-electron chi connectivity index (χ4n) is 1.94. The molecule has 1 fully saturated rings. The number of carbonyl (C=O) groups is 3. The van der Waals surface area contributed by atoms with Gasteiger partial charge in [-0.25, -0.2) is 0 Å². The van der Waals surface area contributed by atoms with Gasteiger partial charge in [0.05, 0.1) is 0 Å². The first-order chi connectivity index (χ1) is 7.75. The Morgan fingerprint density at radius 2 is 2.00 bits per heavy atom. The summed E-state index contributed by atoms with van der Waals surface area (Å²) in [5.41, 5.74) is -0.364. The van der Waals surface area contributed by atoms with Gasteiger partial charge in [0.25, 0.3) is 0 Å². The smallest absolute Gasteiger partial charge is 0.232 e. The second-order valence-electron chi connectivity index (χ2n) is 5.53. The minimum Gasteiger partial charge on any atom is -0.299 e. The van der Waals surface area contributed by atoms with Crippen molar-refractivity contribution < 1.29 is 14.4 Å². The number of carbonyl (C=O) groups excluding carboxylic acids is 3. The Morgan fingerprint density at radius 3 is 2.41 bits per heavy atom. The minimum atomic E-state index is -0.364. The number of Topliss-reactive ketones (excluding diaryl/α,β-unsaturated/α-hetero) is 1. The molecule has 0 saturated carbocycles. The predicted octanol–water partition coefficient (Wildman–Crippen LogP) is 1.78. The number of rotatable bonds is 5. The van der Waals surface area contributed by atoms with Gasteiger partial charge in [-0.1, -0.05) is 20.8 Å². The highest BCUT2D eigenvalue weighted by Crippen LogP contribution is 2.25. The molecule has 0 bridgehead atoms. The maximum atomic E-state index is 11.6. The maximum absolute atomic E-state index is 11.6. The second kappa shape index (κ2) is 4.98. The molecule has 0 aromatic rings. The summed E-state index contributed by atoms with van der Waals surface area (Å²) in [6, 6.07) is 0. The summed E-state index contributed by atoms with van der Waals surface area (Å²) < 4.78 is 0. The monoisotopic (exact) mass is 239 g/mol. The van der Waals surface area contributed by atoms with Crippen molar-refractivity contribution in [1.82, 2.24) is 4.90 Å². The molecule has 2 amide bonds. The minimum absolute atomic E-state index is 0.0735. The molecule has 17 heavy (non-hydrogen) atoms. The molecular formula is C13H21NO3. The highest BCUT2D eigenvalue weighted by molar-refractivity contribution is 6.03. The molecule has 1 unspecified atom stereocenters. The molecule has 0 spiro atoms. The normalized spacial score (nSPS) is 21.2. The Bertz CT molecular complexity index is 347. The summed E-state index contributed by atoms with van der Waals surface area (Å²) in [6.45, 7) is 7.59. The number of hydrogen-bond donors (Lipinski definition) is 0. The van der Waals surface area contributed by atoms with Crippen molar-refractivity contribution >= 4 is 17.6 Å². The van der Waals surface area contributed by atoms with Crippen molar-refractivity contribution in [3.8, 4) is 0 Å². The van der Waals surface area contributed by atoms with E-state index in [0.717, 1.165) is 0 Å². The van der Waals surface area contributed by atoms with E-state index in [1.165, 1.54) is 4.90 Å². The Labute approximate surface area is 102 Å². The Kier molecular flexibility index (Phi) is 4.07. The molecule has 1 aliphatic heterocycles. The van der Waals surface area contributed by atoms with Crippen LogP contribution in [-0.2, 0) is 14.4 Å². The van der Waals surface area contributed by atoms with Gasteiger partial charge in [0.15, 0.2) is 0 Å². The molecular weight excluding hydrogens is 218 g/mol. The van der Waals surface area contributed by atoms with E-state index in [0.29, 0.717) is 25.8 Å². The molecule has 96 valence electrons. The average molecular weight is 239 g/mol. The van der Waals surface area contributed by atoms with Crippen LogP contribution in [0.5, 0.6) is 0 Å². The molecule has 0 N–H and O–H groups in total. The van der Waals surface area contributed by atoms with E-state index in [1.807, 2.05) is 13.8 Å². The molecule has 1 heterocycles. The largest absolute Gasteiger partial charge is 0.299 e. The van der Waals surface area contributed by atoms with E-state index in [-0.39, 0.29) is 28.9 Å². The third kappa shape index (κ3) is 3.14. The zero-order valence-corrected chi connectivity index (χ0v) is 11.1. The fraction of sp³-hybridized carbons (Fsp3) is 0.769. The maximum Gasteiger partial charge on any atom is 0.232 e. The Hall–Kier alpha value is -1.19. The summed E-state index contributed by atoms with van der Waals surface area (Å²) >= 11 is 0. The summed E-state index contributed by atoms with van der Waals surface area (Å²) in [4.78, 5) is 35.8. The lowest BCUT2D eigenvalue weighted by molar-refractivity contribution is -0.139. The van der Waals surface area contributed by atoms with E-state index in [2.05, 4.69) is 0 Å².